The molecule has 1 unspecified atom stereocenters. The van der Waals surface area contributed by atoms with Gasteiger partial charge in [-0.15, -0.1) is 0 Å². The van der Waals surface area contributed by atoms with Crippen LogP contribution in [0.25, 0.3) is 0 Å². The van der Waals surface area contributed by atoms with Gasteiger partial charge in [-0.05, 0) is 26.1 Å². The first kappa shape index (κ1) is 14.1. The largest absolute Gasteiger partial charge is 0.342 e. The third kappa shape index (κ3) is 3.86. The highest BCUT2D eigenvalue weighted by Gasteiger charge is 2.11. The van der Waals surface area contributed by atoms with Crippen LogP contribution in [0.5, 0.6) is 0 Å². The zero-order valence-corrected chi connectivity index (χ0v) is 11.5. The zero-order chi connectivity index (χ0) is 14.4. The Morgan fingerprint density at radius 2 is 2.30 bits per heavy atom. The van der Waals surface area contributed by atoms with E-state index in [1.54, 1.807) is 24.4 Å². The van der Waals surface area contributed by atoms with E-state index in [-0.39, 0.29) is 18.5 Å². The van der Waals surface area contributed by atoms with Gasteiger partial charge in [0.1, 0.15) is 5.69 Å². The first-order valence-electron chi connectivity index (χ1n) is 6.37. The summed E-state index contributed by atoms with van der Waals surface area (Å²) in [6.07, 6.45) is 2.24. The van der Waals surface area contributed by atoms with E-state index >= 15 is 0 Å². The van der Waals surface area contributed by atoms with Gasteiger partial charge < -0.3 is 15.2 Å². The van der Waals surface area contributed by atoms with Crippen LogP contribution in [0, 0.1) is 0 Å². The predicted octanol–water partition coefficient (Wildman–Crippen LogP) is 0.545. The third-order valence-corrected chi connectivity index (χ3v) is 2.79. The minimum Gasteiger partial charge on any atom is -0.342 e. The van der Waals surface area contributed by atoms with Crippen LogP contribution in [-0.2, 0) is 13.0 Å². The summed E-state index contributed by atoms with van der Waals surface area (Å²) in [5.74, 6) is 0.732. The van der Waals surface area contributed by atoms with Crippen molar-refractivity contribution in [1.29, 1.82) is 0 Å². The Hall–Kier alpha value is -2.28. The topological polar surface area (TPSA) is 92.9 Å². The molecule has 0 saturated heterocycles. The molecule has 0 aliphatic rings. The Morgan fingerprint density at radius 1 is 1.45 bits per heavy atom. The second kappa shape index (κ2) is 6.76. The number of hydrogen-bond acceptors (Lipinski definition) is 6. The van der Waals surface area contributed by atoms with Crippen molar-refractivity contribution >= 4 is 5.91 Å². The fraction of sp³-hybridized carbons (Fsp3) is 0.385. The van der Waals surface area contributed by atoms with Crippen molar-refractivity contribution in [3.63, 3.8) is 0 Å². The van der Waals surface area contributed by atoms with Gasteiger partial charge in [0.2, 0.25) is 5.89 Å². The Kier molecular flexibility index (Phi) is 4.78. The van der Waals surface area contributed by atoms with E-state index in [4.69, 9.17) is 4.52 Å². The molecule has 0 radical (unpaired) electrons. The van der Waals surface area contributed by atoms with Gasteiger partial charge in [-0.3, -0.25) is 9.78 Å². The van der Waals surface area contributed by atoms with Crippen molar-refractivity contribution in [2.24, 2.45) is 0 Å². The minimum absolute atomic E-state index is 0.191. The summed E-state index contributed by atoms with van der Waals surface area (Å²) in [5, 5.41) is 9.64. The van der Waals surface area contributed by atoms with Gasteiger partial charge in [0, 0.05) is 18.7 Å². The molecule has 1 atom stereocenters. The number of pyridine rings is 1. The summed E-state index contributed by atoms with van der Waals surface area (Å²) in [5.41, 5.74) is 0.357. The van der Waals surface area contributed by atoms with E-state index in [0.717, 1.165) is 0 Å². The molecule has 2 aromatic rings. The van der Waals surface area contributed by atoms with Crippen LogP contribution in [0.1, 0.15) is 29.1 Å². The van der Waals surface area contributed by atoms with Crippen molar-refractivity contribution in [3.8, 4) is 0 Å². The molecular formula is C13H17N5O2. The Labute approximate surface area is 116 Å². The molecule has 0 aliphatic heterocycles. The SMILES string of the molecule is CNC(C)Cc1noc(CNC(=O)c2ccccn2)n1. The van der Waals surface area contributed by atoms with Crippen LogP contribution >= 0.6 is 0 Å². The Balaban J connectivity index is 1.87. The van der Waals surface area contributed by atoms with E-state index in [2.05, 4.69) is 25.8 Å². The summed E-state index contributed by atoms with van der Waals surface area (Å²) in [6, 6.07) is 5.42. The van der Waals surface area contributed by atoms with E-state index < -0.39 is 0 Å². The van der Waals surface area contributed by atoms with Crippen LogP contribution in [0.3, 0.4) is 0 Å². The molecule has 0 fully saturated rings. The predicted molar refractivity (Wildman–Crippen MR) is 71.9 cm³/mol. The molecule has 0 bridgehead atoms. The fourth-order valence-electron chi connectivity index (χ4n) is 1.56. The normalized spacial score (nSPS) is 12.1. The first-order chi connectivity index (χ1) is 9.69. The van der Waals surface area contributed by atoms with Crippen molar-refractivity contribution in [3.05, 3.63) is 41.8 Å². The highest BCUT2D eigenvalue weighted by atomic mass is 16.5. The molecule has 2 N–H and O–H groups in total. The third-order valence-electron chi connectivity index (χ3n) is 2.79. The van der Waals surface area contributed by atoms with Crippen LogP contribution in [-0.4, -0.2) is 34.1 Å². The number of carbonyl (C=O) groups excluding carboxylic acids is 1. The summed E-state index contributed by atoms with van der Waals surface area (Å²) in [7, 11) is 1.87. The lowest BCUT2D eigenvalue weighted by Crippen LogP contribution is -2.24. The van der Waals surface area contributed by atoms with Gasteiger partial charge >= 0.3 is 0 Å². The number of nitrogens with zero attached hydrogens (tertiary/aromatic N) is 3. The lowest BCUT2D eigenvalue weighted by Gasteiger charge is -2.04. The maximum absolute atomic E-state index is 11.8. The molecule has 7 heteroatoms. The number of nitrogens with one attached hydrogen (secondary N) is 2. The molecule has 106 valence electrons. The van der Waals surface area contributed by atoms with Gasteiger partial charge in [-0.1, -0.05) is 11.2 Å². The van der Waals surface area contributed by atoms with E-state index in [9.17, 15) is 4.79 Å². The van der Waals surface area contributed by atoms with Crippen molar-refractivity contribution in [2.75, 3.05) is 7.05 Å². The number of amides is 1. The molecule has 2 aromatic heterocycles. The number of likely N-dealkylation sites (N-methyl/N-ethyl adjacent to an activating group) is 1. The van der Waals surface area contributed by atoms with E-state index in [0.29, 0.717) is 23.8 Å². The molecule has 20 heavy (non-hydrogen) atoms. The monoisotopic (exact) mass is 275 g/mol. The van der Waals surface area contributed by atoms with Crippen molar-refractivity contribution in [1.82, 2.24) is 25.8 Å². The van der Waals surface area contributed by atoms with E-state index in [1.165, 1.54) is 0 Å². The Morgan fingerprint density at radius 3 is 3.00 bits per heavy atom. The maximum atomic E-state index is 11.8. The quantitative estimate of drug-likeness (QED) is 0.799. The second-order valence-corrected chi connectivity index (χ2v) is 4.40. The fourth-order valence-corrected chi connectivity index (χ4v) is 1.56. The second-order valence-electron chi connectivity index (χ2n) is 4.40. The zero-order valence-electron chi connectivity index (χ0n) is 11.5. The van der Waals surface area contributed by atoms with Crippen LogP contribution in [0.15, 0.2) is 28.9 Å². The molecule has 2 heterocycles. The average molecular weight is 275 g/mol. The van der Waals surface area contributed by atoms with Gasteiger partial charge in [-0.25, -0.2) is 0 Å². The average Bonchev–Trinajstić information content (AvgIpc) is 2.93. The van der Waals surface area contributed by atoms with Crippen molar-refractivity contribution < 1.29 is 9.32 Å². The van der Waals surface area contributed by atoms with Gasteiger partial charge in [0.05, 0.1) is 6.54 Å². The van der Waals surface area contributed by atoms with Crippen LogP contribution < -0.4 is 10.6 Å². The maximum Gasteiger partial charge on any atom is 0.270 e. The number of hydrogen-bond donors (Lipinski definition) is 2. The number of aromatic nitrogens is 3. The molecule has 0 aliphatic carbocycles. The molecule has 1 amide bonds. The van der Waals surface area contributed by atoms with Gasteiger partial charge in [0.25, 0.3) is 5.91 Å². The molecule has 7 nitrogen and oxygen atoms in total. The van der Waals surface area contributed by atoms with Gasteiger partial charge in [0.15, 0.2) is 5.82 Å². The standard InChI is InChI=1S/C13H17N5O2/c1-9(14-2)7-11-17-12(20-18-11)8-16-13(19)10-5-3-4-6-15-10/h3-6,9,14H,7-8H2,1-2H3,(H,16,19). The highest BCUT2D eigenvalue weighted by molar-refractivity contribution is 5.91. The van der Waals surface area contributed by atoms with E-state index in [1.807, 2.05) is 14.0 Å². The lowest BCUT2D eigenvalue weighted by atomic mass is 10.2. The molecule has 0 saturated carbocycles. The highest BCUT2D eigenvalue weighted by Crippen LogP contribution is 2.01. The van der Waals surface area contributed by atoms with Crippen LogP contribution in [0.4, 0.5) is 0 Å². The smallest absolute Gasteiger partial charge is 0.270 e. The first-order valence-corrected chi connectivity index (χ1v) is 6.37. The number of carbonyl (C=O) groups is 1. The van der Waals surface area contributed by atoms with Gasteiger partial charge in [-0.2, -0.15) is 4.98 Å². The summed E-state index contributed by atoms with van der Waals surface area (Å²) in [6.45, 7) is 2.22. The van der Waals surface area contributed by atoms with Crippen molar-refractivity contribution in [2.45, 2.75) is 25.9 Å². The Bertz CT molecular complexity index is 555. The lowest BCUT2D eigenvalue weighted by molar-refractivity contribution is 0.0941. The molecular weight excluding hydrogens is 258 g/mol. The molecule has 0 aromatic carbocycles. The number of rotatable bonds is 6. The minimum atomic E-state index is -0.269. The summed E-state index contributed by atoms with van der Waals surface area (Å²) in [4.78, 5) is 19.9. The summed E-state index contributed by atoms with van der Waals surface area (Å²) < 4.78 is 5.07. The molecule has 2 rings (SSSR count). The summed E-state index contributed by atoms with van der Waals surface area (Å²) >= 11 is 0. The van der Waals surface area contributed by atoms with Crippen LogP contribution in [0.2, 0.25) is 0 Å². The molecule has 0 spiro atoms.